The Bertz CT molecular complexity index is 1140. The van der Waals surface area contributed by atoms with Crippen LogP contribution in [0.2, 0.25) is 0 Å². The van der Waals surface area contributed by atoms with Crippen LogP contribution in [0.5, 0.6) is 0 Å². The highest BCUT2D eigenvalue weighted by atomic mass is 32.2. The average molecular weight is 451 g/mol. The molecule has 1 atom stereocenters. The molecule has 6 N–H and O–H groups in total. The number of nitrogens with zero attached hydrogens (tertiary/aromatic N) is 2. The largest absolute Gasteiger partial charge is 0.393 e. The Kier molecular flexibility index (Phi) is 7.64. The van der Waals surface area contributed by atoms with Crippen LogP contribution in [0.3, 0.4) is 0 Å². The van der Waals surface area contributed by atoms with E-state index in [4.69, 9.17) is 16.3 Å². The molecule has 0 saturated heterocycles. The first-order valence-electron chi connectivity index (χ1n) is 9.31. The summed E-state index contributed by atoms with van der Waals surface area (Å²) in [6.07, 6.45) is 0.0608. The Balaban J connectivity index is 2.42. The molecule has 1 aromatic heterocycles. The number of amides is 1. The molecule has 0 spiro atoms. The Labute approximate surface area is 180 Å². The van der Waals surface area contributed by atoms with Crippen molar-refractivity contribution in [2.24, 2.45) is 16.6 Å². The van der Waals surface area contributed by atoms with E-state index in [0.717, 1.165) is 5.56 Å². The van der Waals surface area contributed by atoms with Gasteiger partial charge in [-0.3, -0.25) is 18.9 Å². The van der Waals surface area contributed by atoms with Crippen molar-refractivity contribution in [3.63, 3.8) is 0 Å². The fourth-order valence-electron chi connectivity index (χ4n) is 2.93. The number of aryl methyl sites for hydroxylation is 2. The van der Waals surface area contributed by atoms with E-state index in [9.17, 15) is 18.0 Å². The first-order valence-corrected chi connectivity index (χ1v) is 10.8. The normalized spacial score (nSPS) is 12.0. The number of hydrogen-bond acceptors (Lipinski definition) is 6. The van der Waals surface area contributed by atoms with Crippen LogP contribution in [0.1, 0.15) is 23.7 Å². The topological polar surface area (TPSA) is 171 Å². The second-order valence-corrected chi connectivity index (χ2v) is 8.44. The van der Waals surface area contributed by atoms with Crippen LogP contribution in [0, 0.1) is 13.8 Å². The molecule has 0 aliphatic rings. The number of guanidine groups is 1. The first kappa shape index (κ1) is 23.7. The molecule has 1 unspecified atom stereocenters. The van der Waals surface area contributed by atoms with Crippen molar-refractivity contribution in [2.45, 2.75) is 31.2 Å². The molecule has 0 bridgehead atoms. The predicted octanol–water partition coefficient (Wildman–Crippen LogP) is 0.148. The number of carbonyl (C=O) groups is 1. The number of aromatic nitrogens is 1. The number of likely N-dealkylation sites (N-methyl/N-ethyl adjacent to an activating group) is 1. The summed E-state index contributed by atoms with van der Waals surface area (Å²) in [5, 5.41) is 5.88. The van der Waals surface area contributed by atoms with Crippen molar-refractivity contribution >= 4 is 27.6 Å². The van der Waals surface area contributed by atoms with Crippen LogP contribution >= 0.6 is 0 Å². The monoisotopic (exact) mass is 450 g/mol. The van der Waals surface area contributed by atoms with E-state index < -0.39 is 27.5 Å². The molecule has 0 fully saturated rings. The van der Waals surface area contributed by atoms with Gasteiger partial charge >= 0.3 is 0 Å². The second kappa shape index (κ2) is 9.98. The minimum absolute atomic E-state index is 0.0208. The number of hydrogen-bond donors (Lipinski definition) is 4. The zero-order valence-corrected chi connectivity index (χ0v) is 18.3. The summed E-state index contributed by atoms with van der Waals surface area (Å²) in [6.45, 7) is 3.34. The van der Waals surface area contributed by atoms with Crippen molar-refractivity contribution in [3.05, 3.63) is 58.0 Å². The third kappa shape index (κ3) is 5.98. The van der Waals surface area contributed by atoms with Crippen molar-refractivity contribution in [3.8, 4) is 0 Å². The van der Waals surface area contributed by atoms with E-state index in [1.807, 2.05) is 0 Å². The van der Waals surface area contributed by atoms with E-state index in [2.05, 4.69) is 15.2 Å². The highest BCUT2D eigenvalue weighted by Gasteiger charge is 2.25. The van der Waals surface area contributed by atoms with Gasteiger partial charge in [0.2, 0.25) is 11.9 Å². The van der Waals surface area contributed by atoms with E-state index in [1.54, 1.807) is 32.0 Å². The Hall–Kier alpha value is -3.54. The summed E-state index contributed by atoms with van der Waals surface area (Å²) in [5.74, 6) is -0.741. The molecular weight excluding hydrogens is 424 g/mol. The minimum atomic E-state index is -4.00. The molecule has 11 nitrogen and oxygen atoms in total. The van der Waals surface area contributed by atoms with E-state index in [0.29, 0.717) is 5.69 Å². The van der Waals surface area contributed by atoms with Crippen LogP contribution in [0.4, 0.5) is 5.69 Å². The molecule has 1 aromatic carbocycles. The van der Waals surface area contributed by atoms with Gasteiger partial charge in [0.05, 0.1) is 4.90 Å². The Morgan fingerprint density at radius 2 is 1.94 bits per heavy atom. The van der Waals surface area contributed by atoms with Crippen LogP contribution in [0.25, 0.3) is 0 Å². The summed E-state index contributed by atoms with van der Waals surface area (Å²) >= 11 is 0. The SMILES string of the molecule is CNC(=O)C(CCON=C(N)N)n1c(C)ccc(NS(=O)(=O)c2cccc(C)c2)c1=O. The van der Waals surface area contributed by atoms with E-state index in [1.165, 1.54) is 29.8 Å². The molecule has 0 aliphatic heterocycles. The van der Waals surface area contributed by atoms with Gasteiger partial charge in [0.15, 0.2) is 0 Å². The minimum Gasteiger partial charge on any atom is -0.393 e. The fourth-order valence-corrected chi connectivity index (χ4v) is 4.09. The smallest absolute Gasteiger partial charge is 0.275 e. The van der Waals surface area contributed by atoms with Gasteiger partial charge in [0.25, 0.3) is 15.6 Å². The standard InChI is InChI=1S/C19H26N6O5S/c1-12-5-4-6-14(11-12)31(28,29)24-15-8-7-13(2)25(18(15)27)16(17(26)22-3)9-10-30-23-19(20)21/h4-8,11,16,24H,9-10H2,1-3H3,(H,22,26)(H4,20,21,23). The van der Waals surface area contributed by atoms with Gasteiger partial charge < -0.3 is 21.6 Å². The lowest BCUT2D eigenvalue weighted by Gasteiger charge is -2.21. The summed E-state index contributed by atoms with van der Waals surface area (Å²) in [7, 11) is -2.58. The summed E-state index contributed by atoms with van der Waals surface area (Å²) < 4.78 is 29.0. The van der Waals surface area contributed by atoms with Crippen LogP contribution in [-0.4, -0.2) is 38.5 Å². The predicted molar refractivity (Wildman–Crippen MR) is 117 cm³/mol. The highest BCUT2D eigenvalue weighted by Crippen LogP contribution is 2.18. The lowest BCUT2D eigenvalue weighted by Crippen LogP contribution is -2.38. The van der Waals surface area contributed by atoms with Gasteiger partial charge in [0, 0.05) is 19.2 Å². The van der Waals surface area contributed by atoms with Crippen molar-refractivity contribution in [1.82, 2.24) is 9.88 Å². The van der Waals surface area contributed by atoms with Gasteiger partial charge in [-0.05, 0) is 48.8 Å². The molecule has 1 amide bonds. The average Bonchev–Trinajstić information content (AvgIpc) is 2.71. The van der Waals surface area contributed by atoms with Gasteiger partial charge in [-0.25, -0.2) is 8.42 Å². The number of pyridine rings is 1. The van der Waals surface area contributed by atoms with E-state index >= 15 is 0 Å². The van der Waals surface area contributed by atoms with Gasteiger partial charge in [-0.2, -0.15) is 0 Å². The van der Waals surface area contributed by atoms with Gasteiger partial charge in [-0.1, -0.05) is 12.1 Å². The van der Waals surface area contributed by atoms with E-state index in [-0.39, 0.29) is 29.6 Å². The Morgan fingerprint density at radius 1 is 1.23 bits per heavy atom. The van der Waals surface area contributed by atoms with Crippen molar-refractivity contribution in [2.75, 3.05) is 18.4 Å². The number of benzene rings is 1. The highest BCUT2D eigenvalue weighted by molar-refractivity contribution is 7.92. The third-order valence-electron chi connectivity index (χ3n) is 4.38. The molecule has 168 valence electrons. The number of nitrogens with one attached hydrogen (secondary N) is 2. The molecule has 0 aliphatic carbocycles. The maximum Gasteiger partial charge on any atom is 0.275 e. The molecule has 2 rings (SSSR count). The molecule has 2 aromatic rings. The maximum atomic E-state index is 13.1. The van der Waals surface area contributed by atoms with Crippen LogP contribution in [-0.2, 0) is 19.7 Å². The molecule has 0 radical (unpaired) electrons. The second-order valence-electron chi connectivity index (χ2n) is 6.75. The first-order chi connectivity index (χ1) is 14.6. The lowest BCUT2D eigenvalue weighted by molar-refractivity contribution is -0.124. The van der Waals surface area contributed by atoms with Gasteiger partial charge in [0.1, 0.15) is 18.3 Å². The number of nitrogens with two attached hydrogens (primary N) is 2. The quantitative estimate of drug-likeness (QED) is 0.182. The number of sulfonamides is 1. The fraction of sp³-hybridized carbons (Fsp3) is 0.316. The molecule has 31 heavy (non-hydrogen) atoms. The van der Waals surface area contributed by atoms with Crippen molar-refractivity contribution < 1.29 is 18.0 Å². The molecule has 1 heterocycles. The molecular formula is C19H26N6O5S. The van der Waals surface area contributed by atoms with Crippen LogP contribution < -0.4 is 27.1 Å². The van der Waals surface area contributed by atoms with Gasteiger partial charge in [-0.15, -0.1) is 0 Å². The third-order valence-corrected chi connectivity index (χ3v) is 5.74. The lowest BCUT2D eigenvalue weighted by atomic mass is 10.1. The maximum absolute atomic E-state index is 13.1. The summed E-state index contributed by atoms with van der Waals surface area (Å²) in [4.78, 5) is 30.5. The number of rotatable bonds is 9. The van der Waals surface area contributed by atoms with Crippen LogP contribution in [0.15, 0.2) is 51.2 Å². The number of anilines is 1. The van der Waals surface area contributed by atoms with Crippen molar-refractivity contribution in [1.29, 1.82) is 0 Å². The summed E-state index contributed by atoms with van der Waals surface area (Å²) in [6, 6.07) is 8.21. The Morgan fingerprint density at radius 3 is 2.55 bits per heavy atom. The number of oxime groups is 1. The number of carbonyl (C=O) groups excluding carboxylic acids is 1. The zero-order chi connectivity index (χ0) is 23.2. The summed E-state index contributed by atoms with van der Waals surface area (Å²) in [5.41, 5.74) is 10.7. The molecule has 0 saturated carbocycles. The molecule has 12 heteroatoms. The zero-order valence-electron chi connectivity index (χ0n) is 17.5.